The fourth-order valence-electron chi connectivity index (χ4n) is 2.25. The number of anilines is 3. The van der Waals surface area contributed by atoms with Gasteiger partial charge in [-0.25, -0.2) is 18.1 Å². The lowest BCUT2D eigenvalue weighted by Gasteiger charge is -2.10. The lowest BCUT2D eigenvalue weighted by molar-refractivity contribution is -0.112. The molecular formula is C16H16N6O3S. The standard InChI is InChI=1S/C16H16N6O3S/c17-14(23)6-5-11-10-19-16-21-12-3-1-4-13(9-12)26(24,25)20-8-2-7-18-15(11)22-16/h1,3-4,9-10,20H,2,7-8H2,(H2,17,23)(H2,18,19,21,22). The van der Waals surface area contributed by atoms with Crippen LogP contribution in [0.3, 0.4) is 0 Å². The zero-order chi connectivity index (χ0) is 18.6. The molecular weight excluding hydrogens is 356 g/mol. The van der Waals surface area contributed by atoms with Crippen LogP contribution in [0.25, 0.3) is 0 Å². The number of hydrogen-bond acceptors (Lipinski definition) is 7. The molecule has 0 saturated heterocycles. The predicted molar refractivity (Wildman–Crippen MR) is 96.1 cm³/mol. The van der Waals surface area contributed by atoms with Crippen molar-refractivity contribution < 1.29 is 13.2 Å². The minimum absolute atomic E-state index is 0.152. The molecule has 9 nitrogen and oxygen atoms in total. The molecule has 0 atom stereocenters. The Bertz CT molecular complexity index is 1010. The van der Waals surface area contributed by atoms with Crippen LogP contribution in [0, 0.1) is 11.8 Å². The summed E-state index contributed by atoms with van der Waals surface area (Å²) in [4.78, 5) is 19.5. The van der Waals surface area contributed by atoms with Crippen LogP contribution in [0.1, 0.15) is 12.0 Å². The number of carbonyl (C=O) groups is 1. The molecule has 1 aliphatic rings. The van der Waals surface area contributed by atoms with Crippen molar-refractivity contribution in [2.24, 2.45) is 5.73 Å². The van der Waals surface area contributed by atoms with Gasteiger partial charge in [-0.3, -0.25) is 4.79 Å². The number of benzene rings is 1. The van der Waals surface area contributed by atoms with E-state index in [9.17, 15) is 13.2 Å². The lowest BCUT2D eigenvalue weighted by Crippen LogP contribution is -2.26. The molecule has 2 heterocycles. The number of carbonyl (C=O) groups excluding carboxylic acids is 1. The van der Waals surface area contributed by atoms with Crippen LogP contribution >= 0.6 is 0 Å². The van der Waals surface area contributed by atoms with Gasteiger partial charge in [0, 0.05) is 24.7 Å². The summed E-state index contributed by atoms with van der Waals surface area (Å²) in [7, 11) is -3.59. The molecule has 4 bridgehead atoms. The van der Waals surface area contributed by atoms with E-state index in [1.165, 1.54) is 18.3 Å². The van der Waals surface area contributed by atoms with Gasteiger partial charge in [-0.15, -0.1) is 0 Å². The SMILES string of the molecule is NC(=O)C#Cc1cnc2nc1NCCCNS(=O)(=O)c1cccc(c1)N2. The highest BCUT2D eigenvalue weighted by Gasteiger charge is 2.15. The van der Waals surface area contributed by atoms with E-state index in [-0.39, 0.29) is 17.4 Å². The number of primary amides is 1. The molecule has 10 heteroatoms. The number of nitrogens with one attached hydrogen (secondary N) is 3. The number of amides is 1. The Hall–Kier alpha value is -3.16. The van der Waals surface area contributed by atoms with Crippen molar-refractivity contribution in [1.29, 1.82) is 0 Å². The summed E-state index contributed by atoms with van der Waals surface area (Å²) >= 11 is 0. The lowest BCUT2D eigenvalue weighted by atomic mass is 10.3. The van der Waals surface area contributed by atoms with Gasteiger partial charge in [-0.2, -0.15) is 4.98 Å². The van der Waals surface area contributed by atoms with Gasteiger partial charge in [-0.1, -0.05) is 12.0 Å². The number of nitrogens with two attached hydrogens (primary N) is 1. The average molecular weight is 372 g/mol. The number of fused-ring (bicyclic) bond motifs is 4. The maximum Gasteiger partial charge on any atom is 0.293 e. The minimum atomic E-state index is -3.59. The Morgan fingerprint density at radius 3 is 2.92 bits per heavy atom. The summed E-state index contributed by atoms with van der Waals surface area (Å²) < 4.78 is 27.2. The van der Waals surface area contributed by atoms with Crippen LogP contribution in [0.4, 0.5) is 17.5 Å². The van der Waals surface area contributed by atoms with Crippen molar-refractivity contribution in [3.05, 3.63) is 36.0 Å². The van der Waals surface area contributed by atoms with Gasteiger partial charge in [-0.05, 0) is 24.6 Å². The van der Waals surface area contributed by atoms with E-state index in [0.717, 1.165) is 0 Å². The van der Waals surface area contributed by atoms with Gasteiger partial charge in [0.25, 0.3) is 5.91 Å². The Morgan fingerprint density at radius 2 is 2.12 bits per heavy atom. The highest BCUT2D eigenvalue weighted by Crippen LogP contribution is 2.20. The third-order valence-electron chi connectivity index (χ3n) is 3.45. The monoisotopic (exact) mass is 372 g/mol. The van der Waals surface area contributed by atoms with E-state index in [1.54, 1.807) is 12.1 Å². The summed E-state index contributed by atoms with van der Waals surface area (Å²) in [6, 6.07) is 6.34. The van der Waals surface area contributed by atoms with Crippen molar-refractivity contribution in [1.82, 2.24) is 14.7 Å². The first-order valence-corrected chi connectivity index (χ1v) is 9.21. The van der Waals surface area contributed by atoms with Crippen LogP contribution in [-0.4, -0.2) is 37.4 Å². The first-order chi connectivity index (χ1) is 12.4. The number of sulfonamides is 1. The Balaban J connectivity index is 2.01. The molecule has 1 amide bonds. The average Bonchev–Trinajstić information content (AvgIpc) is 2.60. The highest BCUT2D eigenvalue weighted by molar-refractivity contribution is 7.89. The fourth-order valence-corrected chi connectivity index (χ4v) is 3.37. The molecule has 2 aromatic rings. The molecule has 0 fully saturated rings. The molecule has 134 valence electrons. The van der Waals surface area contributed by atoms with Crippen molar-refractivity contribution in [3.63, 3.8) is 0 Å². The van der Waals surface area contributed by atoms with E-state index in [4.69, 9.17) is 5.73 Å². The zero-order valence-corrected chi connectivity index (χ0v) is 14.4. The summed E-state index contributed by atoms with van der Waals surface area (Å²) in [6.45, 7) is 0.703. The van der Waals surface area contributed by atoms with Crippen molar-refractivity contribution in [2.75, 3.05) is 23.7 Å². The summed E-state index contributed by atoms with van der Waals surface area (Å²) in [5.41, 5.74) is 5.98. The van der Waals surface area contributed by atoms with Gasteiger partial charge in [0.05, 0.1) is 16.7 Å². The first-order valence-electron chi connectivity index (χ1n) is 7.73. The van der Waals surface area contributed by atoms with E-state index < -0.39 is 15.9 Å². The smallest absolute Gasteiger partial charge is 0.293 e. The van der Waals surface area contributed by atoms with Crippen LogP contribution in [0.5, 0.6) is 0 Å². The number of rotatable bonds is 0. The number of hydrogen-bond donors (Lipinski definition) is 4. The molecule has 0 unspecified atom stereocenters. The van der Waals surface area contributed by atoms with E-state index in [1.807, 2.05) is 0 Å². The maximum atomic E-state index is 12.3. The third kappa shape index (κ3) is 4.27. The normalized spacial score (nSPS) is 15.5. The molecule has 0 aliphatic carbocycles. The Kier molecular flexibility index (Phi) is 5.01. The van der Waals surface area contributed by atoms with Crippen LogP contribution in [0.2, 0.25) is 0 Å². The van der Waals surface area contributed by atoms with E-state index >= 15 is 0 Å². The Labute approximate surface area is 150 Å². The molecule has 5 N–H and O–H groups in total. The van der Waals surface area contributed by atoms with Crippen molar-refractivity contribution in [2.45, 2.75) is 11.3 Å². The van der Waals surface area contributed by atoms with Crippen molar-refractivity contribution >= 4 is 33.4 Å². The first kappa shape index (κ1) is 17.7. The number of nitrogens with zero attached hydrogens (tertiary/aromatic N) is 2. The molecule has 1 aliphatic heterocycles. The maximum absolute atomic E-state index is 12.3. The van der Waals surface area contributed by atoms with E-state index in [0.29, 0.717) is 30.0 Å². The second kappa shape index (κ2) is 7.38. The number of aromatic nitrogens is 2. The third-order valence-corrected chi connectivity index (χ3v) is 4.91. The summed E-state index contributed by atoms with van der Waals surface area (Å²) in [5, 5.41) is 6.03. The van der Waals surface area contributed by atoms with Gasteiger partial charge in [0.1, 0.15) is 5.82 Å². The van der Waals surface area contributed by atoms with Gasteiger partial charge >= 0.3 is 0 Å². The van der Waals surface area contributed by atoms with Crippen LogP contribution in [0.15, 0.2) is 35.4 Å². The molecule has 3 rings (SSSR count). The molecule has 0 radical (unpaired) electrons. The molecule has 26 heavy (non-hydrogen) atoms. The van der Waals surface area contributed by atoms with Gasteiger partial charge in [0.15, 0.2) is 0 Å². The van der Waals surface area contributed by atoms with Gasteiger partial charge < -0.3 is 16.4 Å². The molecule has 1 aromatic carbocycles. The second-order valence-corrected chi connectivity index (χ2v) is 7.17. The summed E-state index contributed by atoms with van der Waals surface area (Å²) in [6.07, 6.45) is 1.99. The largest absolute Gasteiger partial charge is 0.369 e. The topological polar surface area (TPSA) is 139 Å². The predicted octanol–water partition coefficient (Wildman–Crippen LogP) is 0.151. The highest BCUT2D eigenvalue weighted by atomic mass is 32.2. The fraction of sp³-hybridized carbons (Fsp3) is 0.188. The molecule has 0 saturated carbocycles. The zero-order valence-electron chi connectivity index (χ0n) is 13.6. The van der Waals surface area contributed by atoms with Crippen LogP contribution < -0.4 is 21.1 Å². The summed E-state index contributed by atoms with van der Waals surface area (Å²) in [5.74, 6) is 4.80. The van der Waals surface area contributed by atoms with Crippen molar-refractivity contribution in [3.8, 4) is 11.8 Å². The van der Waals surface area contributed by atoms with Gasteiger partial charge in [0.2, 0.25) is 16.0 Å². The second-order valence-electron chi connectivity index (χ2n) is 5.40. The van der Waals surface area contributed by atoms with E-state index in [2.05, 4.69) is 37.2 Å². The quantitative estimate of drug-likeness (QED) is 0.483. The Morgan fingerprint density at radius 1 is 1.27 bits per heavy atom. The van der Waals surface area contributed by atoms with Crippen LogP contribution in [-0.2, 0) is 14.8 Å². The molecule has 0 spiro atoms. The molecule has 1 aromatic heterocycles. The minimum Gasteiger partial charge on any atom is -0.369 e.